The normalized spacial score (nSPS) is 15.7. The Labute approximate surface area is 81.5 Å². The Morgan fingerprint density at radius 1 is 1.38 bits per heavy atom. The maximum Gasteiger partial charge on any atom is 0.0610 e. The highest BCUT2D eigenvalue weighted by atomic mass is 16.5. The van der Waals surface area contributed by atoms with E-state index in [9.17, 15) is 0 Å². The third-order valence-electron chi connectivity index (χ3n) is 2.46. The number of hydrogen-bond donors (Lipinski definition) is 2. The minimum atomic E-state index is -0.104. The first-order valence-electron chi connectivity index (χ1n) is 5.03. The topological polar surface area (TPSA) is 41.5 Å². The Hall–Kier alpha value is -0.120. The molecular formula is C10H23NO2. The van der Waals surface area contributed by atoms with Gasteiger partial charge in [-0.15, -0.1) is 0 Å². The molecule has 0 aliphatic carbocycles. The predicted molar refractivity (Wildman–Crippen MR) is 54.9 cm³/mol. The molecule has 0 aliphatic rings. The van der Waals surface area contributed by atoms with Crippen LogP contribution in [0.5, 0.6) is 0 Å². The van der Waals surface area contributed by atoms with Crippen LogP contribution in [0.2, 0.25) is 0 Å². The Balaban J connectivity index is 3.39. The van der Waals surface area contributed by atoms with Crippen molar-refractivity contribution in [2.24, 2.45) is 0 Å². The van der Waals surface area contributed by atoms with E-state index < -0.39 is 0 Å². The molecule has 0 aromatic rings. The van der Waals surface area contributed by atoms with Gasteiger partial charge in [0.2, 0.25) is 0 Å². The molecule has 3 heteroatoms. The van der Waals surface area contributed by atoms with E-state index in [4.69, 9.17) is 9.84 Å². The number of aliphatic hydroxyl groups excluding tert-OH is 1. The molecule has 0 aromatic heterocycles. The summed E-state index contributed by atoms with van der Waals surface area (Å²) in [6.07, 6.45) is 3.13. The van der Waals surface area contributed by atoms with E-state index in [2.05, 4.69) is 12.2 Å². The van der Waals surface area contributed by atoms with Crippen LogP contribution in [0.3, 0.4) is 0 Å². The molecule has 0 aromatic carbocycles. The molecule has 1 unspecified atom stereocenters. The molecule has 0 amide bonds. The third-order valence-corrected chi connectivity index (χ3v) is 2.46. The Morgan fingerprint density at radius 2 is 2.08 bits per heavy atom. The van der Waals surface area contributed by atoms with E-state index in [1.807, 2.05) is 6.92 Å². The maximum absolute atomic E-state index is 9.10. The summed E-state index contributed by atoms with van der Waals surface area (Å²) >= 11 is 0. The quantitative estimate of drug-likeness (QED) is 0.563. The number of ether oxygens (including phenoxy) is 1. The summed E-state index contributed by atoms with van der Waals surface area (Å²) in [7, 11) is 1.72. The zero-order chi connectivity index (χ0) is 10.2. The molecule has 0 radical (unpaired) electrons. The molecule has 80 valence electrons. The van der Waals surface area contributed by atoms with Crippen LogP contribution in [0.4, 0.5) is 0 Å². The van der Waals surface area contributed by atoms with Crippen molar-refractivity contribution in [1.29, 1.82) is 0 Å². The van der Waals surface area contributed by atoms with Gasteiger partial charge in [0.1, 0.15) is 0 Å². The highest BCUT2D eigenvalue weighted by molar-refractivity contribution is 4.79. The van der Waals surface area contributed by atoms with E-state index >= 15 is 0 Å². The molecule has 0 saturated carbocycles. The summed E-state index contributed by atoms with van der Waals surface area (Å²) in [5, 5.41) is 12.4. The van der Waals surface area contributed by atoms with Gasteiger partial charge in [-0.05, 0) is 32.7 Å². The minimum absolute atomic E-state index is 0.104. The lowest BCUT2D eigenvalue weighted by atomic mass is 10.0. The van der Waals surface area contributed by atoms with E-state index in [-0.39, 0.29) is 12.1 Å². The van der Waals surface area contributed by atoms with Gasteiger partial charge in [0.25, 0.3) is 0 Å². The molecule has 0 heterocycles. The second-order valence-electron chi connectivity index (χ2n) is 3.70. The van der Waals surface area contributed by atoms with Crippen LogP contribution in [0, 0.1) is 0 Å². The van der Waals surface area contributed by atoms with E-state index in [0.29, 0.717) is 0 Å². The van der Waals surface area contributed by atoms with Gasteiger partial charge < -0.3 is 15.2 Å². The molecule has 2 N–H and O–H groups in total. The summed E-state index contributed by atoms with van der Waals surface area (Å²) in [6.45, 7) is 6.10. The molecular weight excluding hydrogens is 166 g/mol. The lowest BCUT2D eigenvalue weighted by molar-refractivity contribution is 0.164. The summed E-state index contributed by atoms with van der Waals surface area (Å²) in [5.41, 5.74) is -0.104. The zero-order valence-corrected chi connectivity index (χ0v) is 9.10. The second-order valence-corrected chi connectivity index (χ2v) is 3.70. The Morgan fingerprint density at radius 3 is 2.54 bits per heavy atom. The van der Waals surface area contributed by atoms with Gasteiger partial charge in [-0.3, -0.25) is 0 Å². The summed E-state index contributed by atoms with van der Waals surface area (Å²) < 4.78 is 4.95. The summed E-state index contributed by atoms with van der Waals surface area (Å²) in [6, 6.07) is 0. The smallest absolute Gasteiger partial charge is 0.0610 e. The van der Waals surface area contributed by atoms with Crippen LogP contribution in [-0.2, 0) is 4.74 Å². The van der Waals surface area contributed by atoms with Gasteiger partial charge in [-0.25, -0.2) is 0 Å². The largest absolute Gasteiger partial charge is 0.394 e. The number of aliphatic hydroxyl groups is 1. The first-order valence-corrected chi connectivity index (χ1v) is 5.03. The average molecular weight is 189 g/mol. The van der Waals surface area contributed by atoms with Crippen molar-refractivity contribution in [3.05, 3.63) is 0 Å². The molecule has 0 spiro atoms. The van der Waals surface area contributed by atoms with Crippen molar-refractivity contribution < 1.29 is 9.84 Å². The molecule has 1 atom stereocenters. The fourth-order valence-corrected chi connectivity index (χ4v) is 1.05. The number of hydrogen-bond acceptors (Lipinski definition) is 3. The van der Waals surface area contributed by atoms with E-state index in [1.165, 1.54) is 0 Å². The fourth-order valence-electron chi connectivity index (χ4n) is 1.05. The first-order chi connectivity index (χ1) is 6.18. The highest BCUT2D eigenvalue weighted by Crippen LogP contribution is 2.07. The minimum Gasteiger partial charge on any atom is -0.394 e. The number of nitrogens with one attached hydrogen (secondary N) is 1. The van der Waals surface area contributed by atoms with Crippen LogP contribution < -0.4 is 5.32 Å². The fraction of sp³-hybridized carbons (Fsp3) is 1.00. The molecule has 0 fully saturated rings. The molecule has 0 saturated heterocycles. The first kappa shape index (κ1) is 12.9. The molecule has 13 heavy (non-hydrogen) atoms. The van der Waals surface area contributed by atoms with Gasteiger partial charge in [0.15, 0.2) is 0 Å². The van der Waals surface area contributed by atoms with Crippen LogP contribution in [0.1, 0.15) is 33.1 Å². The SMILES string of the molecule is CCC(C)(CO)NCCCCOC. The zero-order valence-electron chi connectivity index (χ0n) is 9.10. The van der Waals surface area contributed by atoms with Crippen molar-refractivity contribution >= 4 is 0 Å². The average Bonchev–Trinajstić information content (AvgIpc) is 2.17. The molecule has 3 nitrogen and oxygen atoms in total. The van der Waals surface area contributed by atoms with E-state index in [0.717, 1.165) is 32.4 Å². The second kappa shape index (κ2) is 7.30. The lowest BCUT2D eigenvalue weighted by Crippen LogP contribution is -2.45. The van der Waals surface area contributed by atoms with Crippen molar-refractivity contribution in [2.75, 3.05) is 26.9 Å². The summed E-state index contributed by atoms with van der Waals surface area (Å²) in [5.74, 6) is 0. The van der Waals surface area contributed by atoms with Crippen LogP contribution >= 0.6 is 0 Å². The van der Waals surface area contributed by atoms with Crippen molar-refractivity contribution in [3.8, 4) is 0 Å². The third kappa shape index (κ3) is 6.02. The van der Waals surface area contributed by atoms with Gasteiger partial charge in [0.05, 0.1) is 6.61 Å². The van der Waals surface area contributed by atoms with Gasteiger partial charge in [-0.1, -0.05) is 6.92 Å². The van der Waals surface area contributed by atoms with Crippen molar-refractivity contribution in [2.45, 2.75) is 38.6 Å². The predicted octanol–water partition coefficient (Wildman–Crippen LogP) is 1.16. The highest BCUT2D eigenvalue weighted by Gasteiger charge is 2.18. The van der Waals surface area contributed by atoms with Crippen LogP contribution in [0.15, 0.2) is 0 Å². The number of unbranched alkanes of at least 4 members (excludes halogenated alkanes) is 1. The van der Waals surface area contributed by atoms with Crippen molar-refractivity contribution in [3.63, 3.8) is 0 Å². The molecule has 0 aliphatic heterocycles. The van der Waals surface area contributed by atoms with Gasteiger partial charge in [-0.2, -0.15) is 0 Å². The standard InChI is InChI=1S/C10H23NO2/c1-4-10(2,9-12)11-7-5-6-8-13-3/h11-12H,4-9H2,1-3H3. The van der Waals surface area contributed by atoms with Crippen LogP contribution in [-0.4, -0.2) is 37.5 Å². The maximum atomic E-state index is 9.10. The Kier molecular flexibility index (Phi) is 7.23. The Bertz CT molecular complexity index is 113. The number of methoxy groups -OCH3 is 1. The summed E-state index contributed by atoms with van der Waals surface area (Å²) in [4.78, 5) is 0. The van der Waals surface area contributed by atoms with Gasteiger partial charge >= 0.3 is 0 Å². The van der Waals surface area contributed by atoms with Gasteiger partial charge in [0, 0.05) is 19.3 Å². The van der Waals surface area contributed by atoms with E-state index in [1.54, 1.807) is 7.11 Å². The number of rotatable bonds is 8. The van der Waals surface area contributed by atoms with Crippen molar-refractivity contribution in [1.82, 2.24) is 5.32 Å². The monoisotopic (exact) mass is 189 g/mol. The molecule has 0 rings (SSSR count). The lowest BCUT2D eigenvalue weighted by Gasteiger charge is -2.27. The molecule has 0 bridgehead atoms. The van der Waals surface area contributed by atoms with Crippen LogP contribution in [0.25, 0.3) is 0 Å².